The molecule has 0 atom stereocenters. The lowest BCUT2D eigenvalue weighted by atomic mass is 10.2. The molecule has 6 heteroatoms. The molecule has 1 aromatic carbocycles. The van der Waals surface area contributed by atoms with Crippen LogP contribution in [0.2, 0.25) is 0 Å². The number of para-hydroxylation sites is 1. The molecule has 120 valence electrons. The number of carbonyl (C=O) groups is 1. The van der Waals surface area contributed by atoms with Crippen LogP contribution in [-0.2, 0) is 6.42 Å². The molecule has 3 heterocycles. The van der Waals surface area contributed by atoms with Crippen molar-refractivity contribution in [2.45, 2.75) is 13.3 Å². The van der Waals surface area contributed by atoms with Gasteiger partial charge in [-0.2, -0.15) is 0 Å². The second kappa shape index (κ2) is 5.81. The van der Waals surface area contributed by atoms with E-state index in [9.17, 15) is 4.79 Å². The SMILES string of the molecule is Cc1cc(NC(=O)c2ccc(N3CCc4ccccc43)cn2)no1. The van der Waals surface area contributed by atoms with Gasteiger partial charge in [0.05, 0.1) is 11.9 Å². The van der Waals surface area contributed by atoms with Gasteiger partial charge in [-0.05, 0) is 37.1 Å². The van der Waals surface area contributed by atoms with E-state index in [1.54, 1.807) is 25.3 Å². The highest BCUT2D eigenvalue weighted by atomic mass is 16.5. The van der Waals surface area contributed by atoms with E-state index < -0.39 is 0 Å². The molecule has 2 aromatic heterocycles. The molecule has 0 spiro atoms. The maximum Gasteiger partial charge on any atom is 0.275 e. The monoisotopic (exact) mass is 320 g/mol. The number of benzene rings is 1. The van der Waals surface area contributed by atoms with E-state index in [0.717, 1.165) is 18.7 Å². The van der Waals surface area contributed by atoms with E-state index in [4.69, 9.17) is 4.52 Å². The summed E-state index contributed by atoms with van der Waals surface area (Å²) < 4.78 is 4.93. The van der Waals surface area contributed by atoms with Crippen molar-refractivity contribution in [2.75, 3.05) is 16.8 Å². The Morgan fingerprint density at radius 3 is 2.88 bits per heavy atom. The minimum absolute atomic E-state index is 0.309. The van der Waals surface area contributed by atoms with Crippen molar-refractivity contribution in [3.8, 4) is 0 Å². The van der Waals surface area contributed by atoms with Gasteiger partial charge in [-0.1, -0.05) is 23.4 Å². The number of fused-ring (bicyclic) bond motifs is 1. The Hall–Kier alpha value is -3.15. The molecular formula is C18H16N4O2. The van der Waals surface area contributed by atoms with Crippen LogP contribution in [0.5, 0.6) is 0 Å². The smallest absolute Gasteiger partial charge is 0.275 e. The predicted molar refractivity (Wildman–Crippen MR) is 90.6 cm³/mol. The average Bonchev–Trinajstić information content (AvgIpc) is 3.21. The first kappa shape index (κ1) is 14.4. The highest BCUT2D eigenvalue weighted by Gasteiger charge is 2.20. The molecule has 1 aliphatic heterocycles. The fraction of sp³-hybridized carbons (Fsp3) is 0.167. The van der Waals surface area contributed by atoms with Crippen LogP contribution in [0, 0.1) is 6.92 Å². The lowest BCUT2D eigenvalue weighted by molar-refractivity contribution is 0.102. The molecule has 24 heavy (non-hydrogen) atoms. The fourth-order valence-electron chi connectivity index (χ4n) is 2.89. The summed E-state index contributed by atoms with van der Waals surface area (Å²) in [6.45, 7) is 2.69. The minimum Gasteiger partial charge on any atom is -0.360 e. The molecule has 0 unspecified atom stereocenters. The van der Waals surface area contributed by atoms with Crippen LogP contribution in [0.3, 0.4) is 0 Å². The first-order valence-corrected chi connectivity index (χ1v) is 7.77. The second-order valence-electron chi connectivity index (χ2n) is 5.71. The number of anilines is 3. The Balaban J connectivity index is 1.52. The largest absolute Gasteiger partial charge is 0.360 e. The number of hydrogen-bond donors (Lipinski definition) is 1. The molecule has 0 saturated heterocycles. The van der Waals surface area contributed by atoms with Gasteiger partial charge >= 0.3 is 0 Å². The van der Waals surface area contributed by atoms with E-state index in [1.165, 1.54) is 11.3 Å². The Kier molecular flexibility index (Phi) is 3.49. The number of carbonyl (C=O) groups excluding carboxylic acids is 1. The van der Waals surface area contributed by atoms with Gasteiger partial charge in [0.2, 0.25) is 0 Å². The average molecular weight is 320 g/mol. The van der Waals surface area contributed by atoms with Crippen LogP contribution in [0.25, 0.3) is 0 Å². The zero-order chi connectivity index (χ0) is 16.5. The van der Waals surface area contributed by atoms with Crippen molar-refractivity contribution in [1.82, 2.24) is 10.1 Å². The fourth-order valence-corrected chi connectivity index (χ4v) is 2.89. The highest BCUT2D eigenvalue weighted by Crippen LogP contribution is 2.33. The standard InChI is InChI=1S/C18H16N4O2/c1-12-10-17(21-24-12)20-18(23)15-7-6-14(11-19-15)22-9-8-13-4-2-3-5-16(13)22/h2-7,10-11H,8-9H2,1H3,(H,20,21,23). The lowest BCUT2D eigenvalue weighted by Crippen LogP contribution is -2.16. The summed E-state index contributed by atoms with van der Waals surface area (Å²) in [7, 11) is 0. The van der Waals surface area contributed by atoms with E-state index in [0.29, 0.717) is 17.3 Å². The number of amides is 1. The highest BCUT2D eigenvalue weighted by molar-refractivity contribution is 6.02. The molecule has 4 rings (SSSR count). The van der Waals surface area contributed by atoms with Crippen LogP contribution in [0.1, 0.15) is 21.8 Å². The van der Waals surface area contributed by atoms with Gasteiger partial charge < -0.3 is 14.7 Å². The molecule has 6 nitrogen and oxygen atoms in total. The minimum atomic E-state index is -0.309. The molecular weight excluding hydrogens is 304 g/mol. The van der Waals surface area contributed by atoms with Gasteiger partial charge in [0.25, 0.3) is 5.91 Å². The number of nitrogens with zero attached hydrogens (tertiary/aromatic N) is 3. The van der Waals surface area contributed by atoms with Crippen molar-refractivity contribution in [3.05, 3.63) is 65.7 Å². The third-order valence-electron chi connectivity index (χ3n) is 4.05. The Morgan fingerprint density at radius 2 is 2.12 bits per heavy atom. The van der Waals surface area contributed by atoms with Gasteiger partial charge in [-0.25, -0.2) is 4.98 Å². The van der Waals surface area contributed by atoms with Crippen LogP contribution >= 0.6 is 0 Å². The summed E-state index contributed by atoms with van der Waals surface area (Å²) in [6.07, 6.45) is 2.75. The summed E-state index contributed by atoms with van der Waals surface area (Å²) in [5, 5.41) is 6.41. The molecule has 1 amide bonds. The zero-order valence-corrected chi connectivity index (χ0v) is 13.2. The number of rotatable bonds is 3. The summed E-state index contributed by atoms with van der Waals surface area (Å²) in [5.41, 5.74) is 3.86. The molecule has 0 bridgehead atoms. The topological polar surface area (TPSA) is 71.3 Å². The molecule has 0 saturated carbocycles. The normalized spacial score (nSPS) is 13.0. The van der Waals surface area contributed by atoms with Crippen LogP contribution in [0.15, 0.2) is 53.2 Å². The molecule has 0 fully saturated rings. The van der Waals surface area contributed by atoms with Crippen molar-refractivity contribution in [1.29, 1.82) is 0 Å². The van der Waals surface area contributed by atoms with Crippen LogP contribution in [-0.4, -0.2) is 22.6 Å². The maximum absolute atomic E-state index is 12.2. The molecule has 1 N–H and O–H groups in total. The Bertz CT molecular complexity index is 886. The molecule has 3 aromatic rings. The number of aryl methyl sites for hydroxylation is 1. The van der Waals surface area contributed by atoms with Gasteiger partial charge in [0, 0.05) is 18.3 Å². The molecule has 1 aliphatic rings. The summed E-state index contributed by atoms with van der Waals surface area (Å²) in [4.78, 5) is 18.7. The van der Waals surface area contributed by atoms with Gasteiger partial charge in [0.15, 0.2) is 5.82 Å². The van der Waals surface area contributed by atoms with Crippen LogP contribution in [0.4, 0.5) is 17.2 Å². The van der Waals surface area contributed by atoms with Crippen molar-refractivity contribution < 1.29 is 9.32 Å². The van der Waals surface area contributed by atoms with Crippen LogP contribution < -0.4 is 10.2 Å². The number of nitrogens with one attached hydrogen (secondary N) is 1. The van der Waals surface area contributed by atoms with E-state index in [2.05, 4.69) is 38.6 Å². The van der Waals surface area contributed by atoms with Crippen molar-refractivity contribution in [2.24, 2.45) is 0 Å². The summed E-state index contributed by atoms with van der Waals surface area (Å²) >= 11 is 0. The predicted octanol–water partition coefficient (Wildman–Crippen LogP) is 3.32. The Morgan fingerprint density at radius 1 is 1.25 bits per heavy atom. The first-order valence-electron chi connectivity index (χ1n) is 7.77. The third kappa shape index (κ3) is 2.62. The van der Waals surface area contributed by atoms with E-state index in [1.807, 2.05) is 12.1 Å². The summed E-state index contributed by atoms with van der Waals surface area (Å²) in [6, 6.07) is 13.6. The van der Waals surface area contributed by atoms with Crippen molar-refractivity contribution >= 4 is 23.1 Å². The van der Waals surface area contributed by atoms with Gasteiger partial charge in [-0.15, -0.1) is 0 Å². The molecule has 0 aliphatic carbocycles. The second-order valence-corrected chi connectivity index (χ2v) is 5.71. The lowest BCUT2D eigenvalue weighted by Gasteiger charge is -2.19. The van der Waals surface area contributed by atoms with E-state index in [-0.39, 0.29) is 5.91 Å². The van der Waals surface area contributed by atoms with Gasteiger partial charge in [0.1, 0.15) is 11.5 Å². The summed E-state index contributed by atoms with van der Waals surface area (Å²) in [5.74, 6) is 0.717. The van der Waals surface area contributed by atoms with Crippen molar-refractivity contribution in [3.63, 3.8) is 0 Å². The number of hydrogen-bond acceptors (Lipinski definition) is 5. The first-order chi connectivity index (χ1) is 11.7. The quantitative estimate of drug-likeness (QED) is 0.801. The van der Waals surface area contributed by atoms with Gasteiger partial charge in [-0.3, -0.25) is 4.79 Å². The maximum atomic E-state index is 12.2. The third-order valence-corrected chi connectivity index (χ3v) is 4.05. The Labute approximate surface area is 139 Å². The van der Waals surface area contributed by atoms with E-state index >= 15 is 0 Å². The number of pyridine rings is 1. The number of aromatic nitrogens is 2. The molecule has 0 radical (unpaired) electrons. The zero-order valence-electron chi connectivity index (χ0n) is 13.2.